The van der Waals surface area contributed by atoms with Crippen LogP contribution in [0.15, 0.2) is 16.6 Å². The van der Waals surface area contributed by atoms with E-state index in [9.17, 15) is 9.90 Å². The number of carboxylic acids is 1. The maximum Gasteiger partial charge on any atom is 0.307 e. The Morgan fingerprint density at radius 2 is 2.25 bits per heavy atom. The lowest BCUT2D eigenvalue weighted by Gasteiger charge is -2.09. The van der Waals surface area contributed by atoms with Crippen LogP contribution in [0.5, 0.6) is 11.5 Å². The summed E-state index contributed by atoms with van der Waals surface area (Å²) in [6.45, 7) is 0. The SMILES string of the molecule is COc1ccc(C2CC2C(=O)O)c(Br)c1O. The van der Waals surface area contributed by atoms with Crippen LogP contribution < -0.4 is 4.74 Å². The van der Waals surface area contributed by atoms with Gasteiger partial charge < -0.3 is 14.9 Å². The van der Waals surface area contributed by atoms with Gasteiger partial charge in [-0.15, -0.1) is 0 Å². The monoisotopic (exact) mass is 286 g/mol. The largest absolute Gasteiger partial charge is 0.503 e. The highest BCUT2D eigenvalue weighted by atomic mass is 79.9. The third kappa shape index (κ3) is 1.75. The number of hydrogen-bond acceptors (Lipinski definition) is 3. The fourth-order valence-corrected chi connectivity index (χ4v) is 2.45. The molecule has 0 saturated heterocycles. The van der Waals surface area contributed by atoms with Gasteiger partial charge in [0.05, 0.1) is 17.5 Å². The van der Waals surface area contributed by atoms with Crippen LogP contribution in [0.3, 0.4) is 0 Å². The molecule has 0 spiro atoms. The predicted octanol–water partition coefficient (Wildman–Crippen LogP) is 2.35. The average Bonchev–Trinajstić information content (AvgIpc) is 3.02. The zero-order chi connectivity index (χ0) is 11.9. The van der Waals surface area contributed by atoms with E-state index >= 15 is 0 Å². The number of phenols is 1. The van der Waals surface area contributed by atoms with Gasteiger partial charge in [0.1, 0.15) is 0 Å². The Morgan fingerprint density at radius 1 is 1.56 bits per heavy atom. The maximum atomic E-state index is 10.8. The predicted molar refractivity (Wildman–Crippen MR) is 60.8 cm³/mol. The topological polar surface area (TPSA) is 66.8 Å². The van der Waals surface area contributed by atoms with Crippen molar-refractivity contribution in [3.8, 4) is 11.5 Å². The van der Waals surface area contributed by atoms with Gasteiger partial charge in [0.15, 0.2) is 11.5 Å². The summed E-state index contributed by atoms with van der Waals surface area (Å²) in [5, 5.41) is 18.6. The summed E-state index contributed by atoms with van der Waals surface area (Å²) in [4.78, 5) is 10.8. The fourth-order valence-electron chi connectivity index (χ4n) is 1.83. The van der Waals surface area contributed by atoms with Crippen LogP contribution in [-0.2, 0) is 4.79 Å². The molecule has 1 aliphatic carbocycles. The summed E-state index contributed by atoms with van der Waals surface area (Å²) in [5.41, 5.74) is 0.825. The molecule has 5 heteroatoms. The number of carbonyl (C=O) groups is 1. The van der Waals surface area contributed by atoms with E-state index in [-0.39, 0.29) is 17.6 Å². The lowest BCUT2D eigenvalue weighted by molar-refractivity contribution is -0.138. The Morgan fingerprint density at radius 3 is 2.75 bits per heavy atom. The third-order valence-corrected chi connectivity index (χ3v) is 3.67. The minimum Gasteiger partial charge on any atom is -0.503 e. The third-order valence-electron chi connectivity index (χ3n) is 2.84. The van der Waals surface area contributed by atoms with E-state index in [4.69, 9.17) is 9.84 Å². The van der Waals surface area contributed by atoms with Crippen LogP contribution in [0.25, 0.3) is 0 Å². The van der Waals surface area contributed by atoms with E-state index in [1.54, 1.807) is 12.1 Å². The van der Waals surface area contributed by atoms with Gasteiger partial charge in [-0.3, -0.25) is 4.79 Å². The van der Waals surface area contributed by atoms with E-state index in [0.29, 0.717) is 16.6 Å². The van der Waals surface area contributed by atoms with Crippen molar-refractivity contribution >= 4 is 21.9 Å². The molecule has 4 nitrogen and oxygen atoms in total. The number of hydrogen-bond donors (Lipinski definition) is 2. The van der Waals surface area contributed by atoms with E-state index in [0.717, 1.165) is 5.56 Å². The van der Waals surface area contributed by atoms with E-state index in [2.05, 4.69) is 15.9 Å². The lowest BCUT2D eigenvalue weighted by Crippen LogP contribution is -1.99. The van der Waals surface area contributed by atoms with Crippen molar-refractivity contribution in [1.29, 1.82) is 0 Å². The quantitative estimate of drug-likeness (QED) is 0.895. The van der Waals surface area contributed by atoms with Gasteiger partial charge in [-0.05, 0) is 39.9 Å². The van der Waals surface area contributed by atoms with Gasteiger partial charge >= 0.3 is 5.97 Å². The Kier molecular flexibility index (Phi) is 2.80. The molecule has 2 unspecified atom stereocenters. The molecule has 2 atom stereocenters. The second kappa shape index (κ2) is 3.97. The maximum absolute atomic E-state index is 10.8. The minimum absolute atomic E-state index is 0.0105. The van der Waals surface area contributed by atoms with E-state index < -0.39 is 5.97 Å². The second-order valence-electron chi connectivity index (χ2n) is 3.81. The summed E-state index contributed by atoms with van der Waals surface area (Å²) >= 11 is 3.27. The van der Waals surface area contributed by atoms with Crippen LogP contribution in [-0.4, -0.2) is 23.3 Å². The molecule has 2 rings (SSSR count). The summed E-state index contributed by atoms with van der Waals surface area (Å²) in [6.07, 6.45) is 0.625. The molecule has 1 fully saturated rings. The highest BCUT2D eigenvalue weighted by molar-refractivity contribution is 9.10. The van der Waals surface area contributed by atoms with Crippen LogP contribution in [0, 0.1) is 5.92 Å². The van der Waals surface area contributed by atoms with Gasteiger partial charge in [-0.25, -0.2) is 0 Å². The molecular weight excluding hydrogens is 276 g/mol. The second-order valence-corrected chi connectivity index (χ2v) is 4.60. The van der Waals surface area contributed by atoms with Crippen LogP contribution >= 0.6 is 15.9 Å². The summed E-state index contributed by atoms with van der Waals surface area (Å²) in [7, 11) is 1.47. The van der Waals surface area contributed by atoms with Gasteiger partial charge in [-0.1, -0.05) is 6.07 Å². The molecule has 16 heavy (non-hydrogen) atoms. The zero-order valence-corrected chi connectivity index (χ0v) is 10.2. The molecule has 1 saturated carbocycles. The number of carboxylic acid groups (broad SMARTS) is 1. The van der Waals surface area contributed by atoms with Gasteiger partial charge in [0.2, 0.25) is 0 Å². The van der Waals surface area contributed by atoms with Crippen molar-refractivity contribution in [3.63, 3.8) is 0 Å². The molecule has 1 aliphatic rings. The van der Waals surface area contributed by atoms with Crippen LogP contribution in [0.1, 0.15) is 17.9 Å². The van der Waals surface area contributed by atoms with Crippen molar-refractivity contribution in [2.24, 2.45) is 5.92 Å². The van der Waals surface area contributed by atoms with Crippen molar-refractivity contribution in [3.05, 3.63) is 22.2 Å². The molecular formula is C11H11BrO4. The minimum atomic E-state index is -0.785. The number of rotatable bonds is 3. The molecule has 0 aliphatic heterocycles. The zero-order valence-electron chi connectivity index (χ0n) is 8.61. The molecule has 0 bridgehead atoms. The highest BCUT2D eigenvalue weighted by Gasteiger charge is 2.45. The Bertz CT molecular complexity index is 444. The molecule has 2 N–H and O–H groups in total. The number of aromatic hydroxyl groups is 1. The first-order chi connectivity index (χ1) is 7.56. The average molecular weight is 287 g/mol. The molecule has 0 heterocycles. The summed E-state index contributed by atoms with van der Waals surface area (Å²) < 4.78 is 5.49. The number of ether oxygens (including phenoxy) is 1. The van der Waals surface area contributed by atoms with Crippen molar-refractivity contribution in [2.45, 2.75) is 12.3 Å². The van der Waals surface area contributed by atoms with Gasteiger partial charge in [0, 0.05) is 0 Å². The van der Waals surface area contributed by atoms with Crippen molar-refractivity contribution < 1.29 is 19.7 Å². The fraction of sp³-hybridized carbons (Fsp3) is 0.364. The first-order valence-corrected chi connectivity index (χ1v) is 5.63. The molecule has 0 amide bonds. The first-order valence-electron chi connectivity index (χ1n) is 4.84. The van der Waals surface area contributed by atoms with Crippen LogP contribution in [0.2, 0.25) is 0 Å². The number of methoxy groups -OCH3 is 1. The lowest BCUT2D eigenvalue weighted by atomic mass is 10.1. The number of benzene rings is 1. The van der Waals surface area contributed by atoms with E-state index in [1.807, 2.05) is 0 Å². The van der Waals surface area contributed by atoms with Gasteiger partial charge in [-0.2, -0.15) is 0 Å². The first kappa shape index (κ1) is 11.3. The van der Waals surface area contributed by atoms with E-state index in [1.165, 1.54) is 7.11 Å². The normalized spacial score (nSPS) is 22.9. The standard InChI is InChI=1S/C11H11BrO4/c1-16-8-3-2-5(9(12)10(8)13)6-4-7(6)11(14)15/h2-3,6-7,13H,4H2,1H3,(H,14,15). The van der Waals surface area contributed by atoms with Crippen LogP contribution in [0.4, 0.5) is 0 Å². The Labute approximate surface area is 101 Å². The number of aliphatic carboxylic acids is 1. The summed E-state index contributed by atoms with van der Waals surface area (Å²) in [6, 6.07) is 3.43. The molecule has 1 aromatic carbocycles. The van der Waals surface area contributed by atoms with Gasteiger partial charge in [0.25, 0.3) is 0 Å². The Hall–Kier alpha value is -1.23. The molecule has 0 radical (unpaired) electrons. The number of halogens is 1. The summed E-state index contributed by atoms with van der Waals surface area (Å²) in [5.74, 6) is -0.723. The molecule has 0 aromatic heterocycles. The Balaban J connectivity index is 2.31. The molecule has 1 aromatic rings. The highest BCUT2D eigenvalue weighted by Crippen LogP contribution is 2.52. The van der Waals surface area contributed by atoms with Crippen molar-refractivity contribution in [1.82, 2.24) is 0 Å². The molecule has 86 valence electrons. The number of phenolic OH excluding ortho intramolecular Hbond substituents is 1. The van der Waals surface area contributed by atoms with Crippen molar-refractivity contribution in [2.75, 3.05) is 7.11 Å². The smallest absolute Gasteiger partial charge is 0.307 e.